The van der Waals surface area contributed by atoms with Crippen molar-refractivity contribution in [3.8, 4) is 0 Å². The first-order valence-corrected chi connectivity index (χ1v) is 8.00. The molecule has 2 aromatic rings. The molecule has 2 heterocycles. The second kappa shape index (κ2) is 7.25. The van der Waals surface area contributed by atoms with Gasteiger partial charge >= 0.3 is 6.03 Å². The maximum absolute atomic E-state index is 13.5. The molecule has 0 atom stereocenters. The topological polar surface area (TPSA) is 70.2 Å². The maximum Gasteiger partial charge on any atom is 0.319 e. The summed E-state index contributed by atoms with van der Waals surface area (Å²) < 4.78 is 13.5. The van der Waals surface area contributed by atoms with Gasteiger partial charge in [-0.05, 0) is 43.5 Å². The van der Waals surface area contributed by atoms with Gasteiger partial charge in [0.2, 0.25) is 0 Å². The van der Waals surface area contributed by atoms with Crippen LogP contribution in [-0.4, -0.2) is 29.1 Å². The zero-order valence-corrected chi connectivity index (χ0v) is 13.6. The number of carbonyl (C=O) groups excluding carboxylic acids is 1. The standard InChI is InChI=1S/C17H20FN5O/c1-12-4-5-13(10-14(12)18)21-17(24)20-11-15-19-7-6-16(22-15)23-8-2-3-9-23/h4-7,10H,2-3,8-9,11H2,1H3,(H2,20,21,24). The summed E-state index contributed by atoms with van der Waals surface area (Å²) in [6.07, 6.45) is 4.05. The van der Waals surface area contributed by atoms with Gasteiger partial charge < -0.3 is 15.5 Å². The van der Waals surface area contributed by atoms with E-state index in [1.807, 2.05) is 6.07 Å². The van der Waals surface area contributed by atoms with Crippen molar-refractivity contribution in [2.75, 3.05) is 23.3 Å². The summed E-state index contributed by atoms with van der Waals surface area (Å²) in [5.74, 6) is 1.08. The Morgan fingerprint density at radius 1 is 1.29 bits per heavy atom. The number of nitrogens with zero attached hydrogens (tertiary/aromatic N) is 3. The highest BCUT2D eigenvalue weighted by molar-refractivity contribution is 5.89. The fourth-order valence-electron chi connectivity index (χ4n) is 2.60. The SMILES string of the molecule is Cc1ccc(NC(=O)NCc2nccc(N3CCCC3)n2)cc1F. The molecule has 24 heavy (non-hydrogen) atoms. The minimum Gasteiger partial charge on any atom is -0.357 e. The number of benzene rings is 1. The number of hydrogen-bond acceptors (Lipinski definition) is 4. The van der Waals surface area contributed by atoms with Crippen LogP contribution >= 0.6 is 0 Å². The third-order valence-corrected chi connectivity index (χ3v) is 3.96. The van der Waals surface area contributed by atoms with Crippen molar-refractivity contribution in [1.29, 1.82) is 0 Å². The van der Waals surface area contributed by atoms with Gasteiger partial charge in [-0.25, -0.2) is 19.2 Å². The molecule has 6 nitrogen and oxygen atoms in total. The van der Waals surface area contributed by atoms with Crippen molar-refractivity contribution in [2.45, 2.75) is 26.3 Å². The van der Waals surface area contributed by atoms with Crippen molar-refractivity contribution in [3.05, 3.63) is 47.7 Å². The van der Waals surface area contributed by atoms with Crippen LogP contribution in [0.3, 0.4) is 0 Å². The van der Waals surface area contributed by atoms with E-state index in [4.69, 9.17) is 0 Å². The van der Waals surface area contributed by atoms with Gasteiger partial charge in [-0.1, -0.05) is 6.07 Å². The number of aryl methyl sites for hydroxylation is 1. The molecule has 1 saturated heterocycles. The van der Waals surface area contributed by atoms with E-state index in [-0.39, 0.29) is 12.4 Å². The molecule has 0 bridgehead atoms. The Labute approximate surface area is 140 Å². The lowest BCUT2D eigenvalue weighted by Gasteiger charge is -2.16. The number of hydrogen-bond donors (Lipinski definition) is 2. The largest absolute Gasteiger partial charge is 0.357 e. The molecule has 1 fully saturated rings. The van der Waals surface area contributed by atoms with E-state index in [2.05, 4.69) is 25.5 Å². The van der Waals surface area contributed by atoms with E-state index < -0.39 is 6.03 Å². The van der Waals surface area contributed by atoms with Crippen LogP contribution in [0.1, 0.15) is 24.2 Å². The molecule has 2 N–H and O–H groups in total. The average Bonchev–Trinajstić information content (AvgIpc) is 3.11. The molecule has 7 heteroatoms. The zero-order chi connectivity index (χ0) is 16.9. The summed E-state index contributed by atoms with van der Waals surface area (Å²) in [5, 5.41) is 5.28. The highest BCUT2D eigenvalue weighted by atomic mass is 19.1. The number of aromatic nitrogens is 2. The molecule has 1 aliphatic heterocycles. The van der Waals surface area contributed by atoms with Gasteiger partial charge in [0.25, 0.3) is 0 Å². The molecule has 3 rings (SSSR count). The van der Waals surface area contributed by atoms with Crippen LogP contribution in [0.5, 0.6) is 0 Å². The number of halogens is 1. The quantitative estimate of drug-likeness (QED) is 0.905. The Kier molecular flexibility index (Phi) is 4.88. The lowest BCUT2D eigenvalue weighted by Crippen LogP contribution is -2.29. The number of anilines is 2. The molecular weight excluding hydrogens is 309 g/mol. The van der Waals surface area contributed by atoms with Crippen molar-refractivity contribution in [3.63, 3.8) is 0 Å². The van der Waals surface area contributed by atoms with Crippen molar-refractivity contribution < 1.29 is 9.18 Å². The fraction of sp³-hybridized carbons (Fsp3) is 0.353. The fourth-order valence-corrected chi connectivity index (χ4v) is 2.60. The van der Waals surface area contributed by atoms with Crippen LogP contribution in [0.2, 0.25) is 0 Å². The first kappa shape index (κ1) is 16.2. The lowest BCUT2D eigenvalue weighted by atomic mass is 10.2. The Morgan fingerprint density at radius 3 is 2.83 bits per heavy atom. The van der Waals surface area contributed by atoms with Gasteiger partial charge in [0.1, 0.15) is 17.5 Å². The number of carbonyl (C=O) groups is 1. The number of rotatable bonds is 4. The van der Waals surface area contributed by atoms with Crippen LogP contribution in [-0.2, 0) is 6.54 Å². The van der Waals surface area contributed by atoms with Crippen molar-refractivity contribution in [2.24, 2.45) is 0 Å². The van der Waals surface area contributed by atoms with Gasteiger partial charge in [0.15, 0.2) is 0 Å². The molecule has 1 aromatic carbocycles. The molecule has 0 aliphatic carbocycles. The van der Waals surface area contributed by atoms with Crippen LogP contribution in [0, 0.1) is 12.7 Å². The van der Waals surface area contributed by atoms with E-state index in [0.29, 0.717) is 17.1 Å². The third-order valence-electron chi connectivity index (χ3n) is 3.96. The summed E-state index contributed by atoms with van der Waals surface area (Å²) in [6.45, 7) is 3.89. The van der Waals surface area contributed by atoms with Gasteiger partial charge in [-0.2, -0.15) is 0 Å². The minimum atomic E-state index is -0.423. The van der Waals surface area contributed by atoms with Gasteiger partial charge in [-0.15, -0.1) is 0 Å². The normalized spacial score (nSPS) is 13.8. The molecule has 126 valence electrons. The van der Waals surface area contributed by atoms with Crippen molar-refractivity contribution in [1.82, 2.24) is 15.3 Å². The summed E-state index contributed by atoms with van der Waals surface area (Å²) in [4.78, 5) is 22.8. The molecule has 1 aromatic heterocycles. The van der Waals surface area contributed by atoms with Crippen LogP contribution < -0.4 is 15.5 Å². The van der Waals surface area contributed by atoms with Gasteiger partial charge in [0, 0.05) is 25.0 Å². The second-order valence-electron chi connectivity index (χ2n) is 5.80. The average molecular weight is 329 g/mol. The van der Waals surface area contributed by atoms with E-state index in [0.717, 1.165) is 18.9 Å². The molecule has 0 spiro atoms. The second-order valence-corrected chi connectivity index (χ2v) is 5.80. The smallest absolute Gasteiger partial charge is 0.319 e. The summed E-state index contributed by atoms with van der Waals surface area (Å²) in [6, 6.07) is 6.02. The Balaban J connectivity index is 1.55. The van der Waals surface area contributed by atoms with Crippen LogP contribution in [0.15, 0.2) is 30.5 Å². The van der Waals surface area contributed by atoms with Crippen LogP contribution in [0.4, 0.5) is 20.7 Å². The van der Waals surface area contributed by atoms with E-state index >= 15 is 0 Å². The monoisotopic (exact) mass is 329 g/mol. The van der Waals surface area contributed by atoms with Gasteiger partial charge in [-0.3, -0.25) is 0 Å². The molecule has 0 radical (unpaired) electrons. The lowest BCUT2D eigenvalue weighted by molar-refractivity contribution is 0.251. The molecule has 1 aliphatic rings. The zero-order valence-electron chi connectivity index (χ0n) is 13.6. The first-order valence-electron chi connectivity index (χ1n) is 8.00. The summed E-state index contributed by atoms with van der Waals surface area (Å²) in [7, 11) is 0. The highest BCUT2D eigenvalue weighted by Crippen LogP contribution is 2.17. The summed E-state index contributed by atoms with van der Waals surface area (Å²) >= 11 is 0. The van der Waals surface area contributed by atoms with Crippen LogP contribution in [0.25, 0.3) is 0 Å². The number of urea groups is 1. The molecular formula is C17H20FN5O. The van der Waals surface area contributed by atoms with E-state index in [1.165, 1.54) is 18.9 Å². The highest BCUT2D eigenvalue weighted by Gasteiger charge is 2.14. The van der Waals surface area contributed by atoms with Gasteiger partial charge in [0.05, 0.1) is 6.54 Å². The Hall–Kier alpha value is -2.70. The third kappa shape index (κ3) is 3.98. The molecule has 2 amide bonds. The summed E-state index contributed by atoms with van der Waals surface area (Å²) in [5.41, 5.74) is 0.940. The number of nitrogens with one attached hydrogen (secondary N) is 2. The minimum absolute atomic E-state index is 0.210. The van der Waals surface area contributed by atoms with E-state index in [9.17, 15) is 9.18 Å². The predicted molar refractivity (Wildman–Crippen MR) is 90.5 cm³/mol. The maximum atomic E-state index is 13.5. The van der Waals surface area contributed by atoms with Crippen molar-refractivity contribution >= 4 is 17.5 Å². The Bertz CT molecular complexity index is 731. The Morgan fingerprint density at radius 2 is 2.08 bits per heavy atom. The van der Waals surface area contributed by atoms with E-state index in [1.54, 1.807) is 25.3 Å². The predicted octanol–water partition coefficient (Wildman–Crippen LogP) is 2.85. The number of amides is 2. The molecule has 0 unspecified atom stereocenters. The first-order chi connectivity index (χ1) is 11.6. The molecule has 0 saturated carbocycles.